The monoisotopic (exact) mass is 193 g/mol. The van der Waals surface area contributed by atoms with Gasteiger partial charge in [0.2, 0.25) is 5.78 Å². The zero-order valence-electron chi connectivity index (χ0n) is 7.39. The van der Waals surface area contributed by atoms with Crippen LogP contribution in [0.2, 0.25) is 0 Å². The molecule has 1 aromatic rings. The molecular weight excluding hydrogens is 186 g/mol. The molecule has 0 saturated heterocycles. The number of ketones is 1. The maximum atomic E-state index is 11.1. The van der Waals surface area contributed by atoms with Crippen molar-refractivity contribution in [3.05, 3.63) is 30.1 Å². The van der Waals surface area contributed by atoms with Gasteiger partial charge in [-0.05, 0) is 12.1 Å². The normalized spacial score (nSPS) is 9.21. The minimum atomic E-state index is -1.16. The van der Waals surface area contributed by atoms with Crippen molar-refractivity contribution in [3.63, 3.8) is 0 Å². The molecule has 0 saturated carbocycles. The van der Waals surface area contributed by atoms with Crippen molar-refractivity contribution in [3.8, 4) is 0 Å². The lowest BCUT2D eigenvalue weighted by Gasteiger charge is -1.98. The van der Waals surface area contributed by atoms with Crippen LogP contribution in [-0.4, -0.2) is 22.7 Å². The van der Waals surface area contributed by atoms with E-state index in [0.29, 0.717) is 0 Å². The van der Waals surface area contributed by atoms with Crippen LogP contribution >= 0.6 is 0 Å². The highest BCUT2D eigenvalue weighted by molar-refractivity contribution is 6.34. The van der Waals surface area contributed by atoms with E-state index >= 15 is 0 Å². The van der Waals surface area contributed by atoms with Gasteiger partial charge in [-0.15, -0.1) is 0 Å². The average molecular weight is 193 g/mol. The number of carbonyl (C=O) groups is 3. The van der Waals surface area contributed by atoms with Gasteiger partial charge in [-0.1, -0.05) is 0 Å². The van der Waals surface area contributed by atoms with Crippen LogP contribution in [0.3, 0.4) is 0 Å². The maximum Gasteiger partial charge on any atom is 0.382 e. The van der Waals surface area contributed by atoms with E-state index < -0.39 is 17.7 Å². The molecule has 0 aliphatic carbocycles. The number of pyridine rings is 1. The Balaban J connectivity index is 2.69. The molecule has 0 N–H and O–H groups in total. The quantitative estimate of drug-likeness (QED) is 0.385. The third-order valence-electron chi connectivity index (χ3n) is 1.39. The van der Waals surface area contributed by atoms with Crippen molar-refractivity contribution in [2.45, 2.75) is 6.92 Å². The van der Waals surface area contributed by atoms with Crippen LogP contribution in [0, 0.1) is 0 Å². The molecule has 5 nitrogen and oxygen atoms in total. The smallest absolute Gasteiger partial charge is 0.382 e. The van der Waals surface area contributed by atoms with Gasteiger partial charge < -0.3 is 4.74 Å². The second-order valence-electron chi connectivity index (χ2n) is 2.47. The van der Waals surface area contributed by atoms with Crippen LogP contribution in [0.1, 0.15) is 17.3 Å². The largest absolute Gasteiger partial charge is 0.384 e. The van der Waals surface area contributed by atoms with Gasteiger partial charge in [0.05, 0.1) is 5.56 Å². The first-order valence-corrected chi connectivity index (χ1v) is 3.78. The van der Waals surface area contributed by atoms with Gasteiger partial charge in [0, 0.05) is 19.3 Å². The summed E-state index contributed by atoms with van der Waals surface area (Å²) < 4.78 is 4.24. The number of hydrogen-bond acceptors (Lipinski definition) is 5. The summed E-state index contributed by atoms with van der Waals surface area (Å²) in [6.07, 6.45) is 2.77. The number of esters is 2. The standard InChI is InChI=1S/C9H7NO4/c1-6(11)8(12)14-9(13)7-2-4-10-5-3-7/h2-5H,1H3. The van der Waals surface area contributed by atoms with Crippen LogP contribution in [0.5, 0.6) is 0 Å². The van der Waals surface area contributed by atoms with Gasteiger partial charge in [0.25, 0.3) is 0 Å². The summed E-state index contributed by atoms with van der Waals surface area (Å²) in [6, 6.07) is 2.77. The van der Waals surface area contributed by atoms with E-state index in [2.05, 4.69) is 9.72 Å². The lowest BCUT2D eigenvalue weighted by Crippen LogP contribution is -2.18. The second kappa shape index (κ2) is 4.27. The first-order chi connectivity index (χ1) is 6.61. The Labute approximate surface area is 79.7 Å². The molecule has 5 heteroatoms. The third kappa shape index (κ3) is 2.48. The second-order valence-corrected chi connectivity index (χ2v) is 2.47. The molecule has 1 heterocycles. The minimum absolute atomic E-state index is 0.176. The van der Waals surface area contributed by atoms with Crippen molar-refractivity contribution in [1.82, 2.24) is 4.98 Å². The highest BCUT2D eigenvalue weighted by Gasteiger charge is 2.15. The molecule has 0 aromatic carbocycles. The summed E-state index contributed by atoms with van der Waals surface area (Å²) in [5.74, 6) is -2.83. The zero-order valence-corrected chi connectivity index (χ0v) is 7.39. The minimum Gasteiger partial charge on any atom is -0.384 e. The zero-order chi connectivity index (χ0) is 10.6. The Bertz CT molecular complexity index is 372. The summed E-state index contributed by atoms with van der Waals surface area (Å²) in [5, 5.41) is 0. The first kappa shape index (κ1) is 10.0. The van der Waals surface area contributed by atoms with Crippen LogP contribution < -0.4 is 0 Å². The lowest BCUT2D eigenvalue weighted by atomic mass is 10.3. The number of rotatable bonds is 2. The molecular formula is C9H7NO4. The molecule has 0 fully saturated rings. The van der Waals surface area contributed by atoms with Gasteiger partial charge >= 0.3 is 11.9 Å². The van der Waals surface area contributed by atoms with Crippen molar-refractivity contribution in [1.29, 1.82) is 0 Å². The molecule has 0 bridgehead atoms. The topological polar surface area (TPSA) is 73.3 Å². The maximum absolute atomic E-state index is 11.1. The lowest BCUT2D eigenvalue weighted by molar-refractivity contribution is -0.148. The van der Waals surface area contributed by atoms with Gasteiger partial charge in [-0.2, -0.15) is 0 Å². The van der Waals surface area contributed by atoms with Crippen LogP contribution in [0.25, 0.3) is 0 Å². The van der Waals surface area contributed by atoms with Crippen molar-refractivity contribution in [2.75, 3.05) is 0 Å². The van der Waals surface area contributed by atoms with Crippen LogP contribution in [0.4, 0.5) is 0 Å². The highest BCUT2D eigenvalue weighted by atomic mass is 16.6. The third-order valence-corrected chi connectivity index (χ3v) is 1.39. The molecule has 0 unspecified atom stereocenters. The average Bonchev–Trinajstić information content (AvgIpc) is 2.19. The number of aromatic nitrogens is 1. The fourth-order valence-electron chi connectivity index (χ4n) is 0.703. The summed E-state index contributed by atoms with van der Waals surface area (Å²) in [5.41, 5.74) is 0.176. The molecule has 0 radical (unpaired) electrons. The molecule has 1 rings (SSSR count). The SMILES string of the molecule is CC(=O)C(=O)OC(=O)c1ccncc1. The van der Waals surface area contributed by atoms with E-state index in [1.54, 1.807) is 0 Å². The van der Waals surface area contributed by atoms with Gasteiger partial charge in [0.15, 0.2) is 0 Å². The Morgan fingerprint density at radius 1 is 1.21 bits per heavy atom. The van der Waals surface area contributed by atoms with E-state index in [4.69, 9.17) is 0 Å². The number of hydrogen-bond donors (Lipinski definition) is 0. The van der Waals surface area contributed by atoms with Gasteiger partial charge in [-0.25, -0.2) is 9.59 Å². The fraction of sp³-hybridized carbons (Fsp3) is 0.111. The Morgan fingerprint density at radius 2 is 1.79 bits per heavy atom. The van der Waals surface area contributed by atoms with E-state index in [1.807, 2.05) is 0 Å². The molecule has 72 valence electrons. The van der Waals surface area contributed by atoms with Crippen molar-refractivity contribution < 1.29 is 19.1 Å². The predicted octanol–water partition coefficient (Wildman–Crippen LogP) is 0.354. The van der Waals surface area contributed by atoms with Crippen LogP contribution in [0.15, 0.2) is 24.5 Å². The molecule has 0 amide bonds. The Morgan fingerprint density at radius 3 is 2.29 bits per heavy atom. The van der Waals surface area contributed by atoms with Crippen LogP contribution in [-0.2, 0) is 14.3 Å². The predicted molar refractivity (Wildman–Crippen MR) is 45.3 cm³/mol. The number of ether oxygens (including phenoxy) is 1. The molecule has 1 aromatic heterocycles. The highest BCUT2D eigenvalue weighted by Crippen LogP contribution is 1.99. The fourth-order valence-corrected chi connectivity index (χ4v) is 0.703. The first-order valence-electron chi connectivity index (χ1n) is 3.78. The van der Waals surface area contributed by atoms with Gasteiger partial charge in [0.1, 0.15) is 0 Å². The van der Waals surface area contributed by atoms with E-state index in [-0.39, 0.29) is 5.56 Å². The summed E-state index contributed by atoms with van der Waals surface area (Å²) >= 11 is 0. The number of Topliss-reactive ketones (excluding diaryl/α,β-unsaturated/α-hetero) is 1. The Kier molecular flexibility index (Phi) is 3.06. The van der Waals surface area contributed by atoms with E-state index in [1.165, 1.54) is 24.5 Å². The summed E-state index contributed by atoms with van der Waals surface area (Å²) in [6.45, 7) is 1.03. The summed E-state index contributed by atoms with van der Waals surface area (Å²) in [4.78, 5) is 36.0. The van der Waals surface area contributed by atoms with Crippen molar-refractivity contribution in [2.24, 2.45) is 0 Å². The molecule has 0 spiro atoms. The molecule has 0 aliphatic heterocycles. The molecule has 0 aliphatic rings. The summed E-state index contributed by atoms with van der Waals surface area (Å²) in [7, 11) is 0. The van der Waals surface area contributed by atoms with Crippen molar-refractivity contribution >= 4 is 17.7 Å². The number of nitrogens with zero attached hydrogens (tertiary/aromatic N) is 1. The molecule has 14 heavy (non-hydrogen) atoms. The number of carbonyl (C=O) groups excluding carboxylic acids is 3. The van der Waals surface area contributed by atoms with E-state index in [0.717, 1.165) is 6.92 Å². The Hall–Kier alpha value is -2.04. The molecule has 0 atom stereocenters. The van der Waals surface area contributed by atoms with Gasteiger partial charge in [-0.3, -0.25) is 9.78 Å². The van der Waals surface area contributed by atoms with E-state index in [9.17, 15) is 14.4 Å².